The molecule has 0 aliphatic rings. The third kappa shape index (κ3) is 5.67. The normalized spacial score (nSPS) is 9.58. The molecule has 0 aliphatic carbocycles. The second-order valence-corrected chi connectivity index (χ2v) is 3.85. The van der Waals surface area contributed by atoms with Crippen molar-refractivity contribution in [2.45, 2.75) is 20.3 Å². The molecule has 0 radical (unpaired) electrons. The third-order valence-corrected chi connectivity index (χ3v) is 2.10. The summed E-state index contributed by atoms with van der Waals surface area (Å²) in [4.78, 5) is 33.3. The number of ether oxygens (including phenoxy) is 1. The molecule has 1 aromatic carbocycles. The quantitative estimate of drug-likeness (QED) is 0.798. The molecule has 1 rings (SSSR count). The summed E-state index contributed by atoms with van der Waals surface area (Å²) in [5.74, 6) is -0.559. The van der Waals surface area contributed by atoms with E-state index >= 15 is 0 Å². The third-order valence-electron chi connectivity index (χ3n) is 2.10. The average Bonchev–Trinajstić information content (AvgIpc) is 2.31. The van der Waals surface area contributed by atoms with Crippen LogP contribution in [-0.4, -0.2) is 24.4 Å². The van der Waals surface area contributed by atoms with Crippen LogP contribution in [0.3, 0.4) is 0 Å². The van der Waals surface area contributed by atoms with Crippen LogP contribution in [-0.2, 0) is 14.3 Å². The van der Waals surface area contributed by atoms with E-state index < -0.39 is 6.09 Å². The predicted molar refractivity (Wildman–Crippen MR) is 71.0 cm³/mol. The summed E-state index contributed by atoms with van der Waals surface area (Å²) >= 11 is 0. The van der Waals surface area contributed by atoms with Crippen molar-refractivity contribution >= 4 is 29.2 Å². The van der Waals surface area contributed by atoms with E-state index in [0.29, 0.717) is 18.0 Å². The highest BCUT2D eigenvalue weighted by Crippen LogP contribution is 2.14. The molecule has 6 heteroatoms. The number of anilines is 2. The van der Waals surface area contributed by atoms with Gasteiger partial charge in [-0.25, -0.2) is 4.79 Å². The largest absolute Gasteiger partial charge is 0.450 e. The lowest BCUT2D eigenvalue weighted by atomic mass is 10.2. The number of rotatable bonds is 5. The van der Waals surface area contributed by atoms with E-state index in [2.05, 4.69) is 10.6 Å². The number of Topliss-reactive ketones (excluding diaryl/α,β-unsaturated/α-hetero) is 1. The fourth-order valence-corrected chi connectivity index (χ4v) is 1.35. The number of nitrogens with one attached hydrogen (secondary N) is 2. The van der Waals surface area contributed by atoms with Gasteiger partial charge in [-0.2, -0.15) is 0 Å². The summed E-state index contributed by atoms with van der Waals surface area (Å²) < 4.78 is 4.73. The number of hydrogen-bond acceptors (Lipinski definition) is 4. The van der Waals surface area contributed by atoms with Crippen molar-refractivity contribution in [3.05, 3.63) is 24.3 Å². The van der Waals surface area contributed by atoms with Crippen molar-refractivity contribution in [3.63, 3.8) is 0 Å². The van der Waals surface area contributed by atoms with Crippen molar-refractivity contribution in [3.8, 4) is 0 Å². The molecule has 0 bridgehead atoms. The summed E-state index contributed by atoms with van der Waals surface area (Å²) in [6.07, 6.45) is -0.682. The first kappa shape index (κ1) is 14.7. The highest BCUT2D eigenvalue weighted by molar-refractivity contribution is 6.03. The molecule has 0 saturated carbocycles. The van der Waals surface area contributed by atoms with Gasteiger partial charge < -0.3 is 10.1 Å². The summed E-state index contributed by atoms with van der Waals surface area (Å²) in [7, 11) is 0. The molecule has 0 atom stereocenters. The molecule has 0 aliphatic heterocycles. The summed E-state index contributed by atoms with van der Waals surface area (Å²) in [6, 6.07) is 6.50. The Bertz CT molecular complexity index is 468. The minimum absolute atomic E-state index is 0.150. The second kappa shape index (κ2) is 7.15. The fraction of sp³-hybridized carbons (Fsp3) is 0.308. The highest BCUT2D eigenvalue weighted by Gasteiger charge is 2.06. The molecular formula is C13H16N2O4. The van der Waals surface area contributed by atoms with Gasteiger partial charge in [0.2, 0.25) is 5.91 Å². The van der Waals surface area contributed by atoms with Gasteiger partial charge in [0.15, 0.2) is 0 Å². The van der Waals surface area contributed by atoms with Gasteiger partial charge in [-0.3, -0.25) is 14.9 Å². The maximum Gasteiger partial charge on any atom is 0.411 e. The molecule has 6 nitrogen and oxygen atoms in total. The van der Waals surface area contributed by atoms with Gasteiger partial charge in [-0.15, -0.1) is 0 Å². The topological polar surface area (TPSA) is 84.5 Å². The van der Waals surface area contributed by atoms with E-state index in [4.69, 9.17) is 4.74 Å². The van der Waals surface area contributed by atoms with E-state index in [9.17, 15) is 14.4 Å². The average molecular weight is 264 g/mol. The Kier molecular flexibility index (Phi) is 5.53. The van der Waals surface area contributed by atoms with Gasteiger partial charge in [0.1, 0.15) is 5.78 Å². The standard InChI is InChI=1S/C13H16N2O4/c1-3-19-13(18)15-11-6-4-10(5-7-11)14-12(17)8-9(2)16/h4-7H,3,8H2,1-2H3,(H,14,17)(H,15,18). The van der Waals surface area contributed by atoms with Crippen LogP contribution in [0.5, 0.6) is 0 Å². The first-order valence-electron chi connectivity index (χ1n) is 5.84. The zero-order valence-corrected chi connectivity index (χ0v) is 10.9. The first-order valence-corrected chi connectivity index (χ1v) is 5.84. The van der Waals surface area contributed by atoms with Crippen LogP contribution < -0.4 is 10.6 Å². The van der Waals surface area contributed by atoms with E-state index in [1.807, 2.05) is 0 Å². The number of amides is 2. The molecule has 0 spiro atoms. The maximum atomic E-state index is 11.3. The molecule has 2 N–H and O–H groups in total. The Labute approximate surface area is 111 Å². The van der Waals surface area contributed by atoms with Crippen molar-refractivity contribution in [1.82, 2.24) is 0 Å². The Morgan fingerprint density at radius 1 is 1.05 bits per heavy atom. The number of benzene rings is 1. The lowest BCUT2D eigenvalue weighted by Gasteiger charge is -2.07. The zero-order valence-electron chi connectivity index (χ0n) is 10.9. The molecule has 0 saturated heterocycles. The molecule has 2 amide bonds. The van der Waals surface area contributed by atoms with Gasteiger partial charge in [-0.05, 0) is 38.1 Å². The van der Waals surface area contributed by atoms with E-state index in [-0.39, 0.29) is 18.1 Å². The van der Waals surface area contributed by atoms with Crippen molar-refractivity contribution in [2.75, 3.05) is 17.2 Å². The number of carbonyl (C=O) groups excluding carboxylic acids is 3. The van der Waals surface area contributed by atoms with Crippen LogP contribution >= 0.6 is 0 Å². The Hall–Kier alpha value is -2.37. The van der Waals surface area contributed by atoms with Crippen LogP contribution in [0.4, 0.5) is 16.2 Å². The van der Waals surface area contributed by atoms with Crippen molar-refractivity contribution < 1.29 is 19.1 Å². The molecule has 0 unspecified atom stereocenters. The van der Waals surface area contributed by atoms with Gasteiger partial charge >= 0.3 is 6.09 Å². The number of ketones is 1. The summed E-state index contributed by atoms with van der Waals surface area (Å²) in [5, 5.41) is 5.10. The minimum atomic E-state index is -0.532. The van der Waals surface area contributed by atoms with Gasteiger partial charge in [0.05, 0.1) is 13.0 Å². The van der Waals surface area contributed by atoms with Crippen LogP contribution in [0.25, 0.3) is 0 Å². The number of hydrogen-bond donors (Lipinski definition) is 2. The maximum absolute atomic E-state index is 11.3. The molecule has 0 fully saturated rings. The Morgan fingerprint density at radius 3 is 2.05 bits per heavy atom. The molecule has 1 aromatic rings. The molecule has 102 valence electrons. The van der Waals surface area contributed by atoms with Gasteiger partial charge in [0.25, 0.3) is 0 Å². The lowest BCUT2D eigenvalue weighted by molar-refractivity contribution is -0.124. The van der Waals surface area contributed by atoms with Crippen molar-refractivity contribution in [2.24, 2.45) is 0 Å². The van der Waals surface area contributed by atoms with Crippen LogP contribution in [0.2, 0.25) is 0 Å². The van der Waals surface area contributed by atoms with E-state index in [0.717, 1.165) is 0 Å². The fourth-order valence-electron chi connectivity index (χ4n) is 1.35. The van der Waals surface area contributed by atoms with Crippen molar-refractivity contribution in [1.29, 1.82) is 0 Å². The highest BCUT2D eigenvalue weighted by atomic mass is 16.5. The van der Waals surface area contributed by atoms with Gasteiger partial charge in [0, 0.05) is 11.4 Å². The molecule has 0 heterocycles. The Balaban J connectivity index is 2.54. The molecule has 0 aromatic heterocycles. The summed E-state index contributed by atoms with van der Waals surface area (Å²) in [5.41, 5.74) is 1.11. The first-order chi connectivity index (χ1) is 9.01. The van der Waals surface area contributed by atoms with E-state index in [1.54, 1.807) is 31.2 Å². The number of carbonyl (C=O) groups is 3. The second-order valence-electron chi connectivity index (χ2n) is 3.85. The molecular weight excluding hydrogens is 248 g/mol. The van der Waals surface area contributed by atoms with Crippen LogP contribution in [0.15, 0.2) is 24.3 Å². The zero-order chi connectivity index (χ0) is 14.3. The minimum Gasteiger partial charge on any atom is -0.450 e. The van der Waals surface area contributed by atoms with Gasteiger partial charge in [-0.1, -0.05) is 0 Å². The SMILES string of the molecule is CCOC(=O)Nc1ccc(NC(=O)CC(C)=O)cc1. The van der Waals surface area contributed by atoms with Crippen LogP contribution in [0.1, 0.15) is 20.3 Å². The Morgan fingerprint density at radius 2 is 1.58 bits per heavy atom. The summed E-state index contributed by atoms with van der Waals surface area (Å²) in [6.45, 7) is 3.37. The molecule has 19 heavy (non-hydrogen) atoms. The monoisotopic (exact) mass is 264 g/mol. The lowest BCUT2D eigenvalue weighted by Crippen LogP contribution is -2.15. The van der Waals surface area contributed by atoms with E-state index in [1.165, 1.54) is 6.92 Å². The smallest absolute Gasteiger partial charge is 0.411 e. The predicted octanol–water partition coefficient (Wildman–Crippen LogP) is 2.17. The van der Waals surface area contributed by atoms with Crippen LogP contribution in [0, 0.1) is 0 Å².